The van der Waals surface area contributed by atoms with Gasteiger partial charge in [-0.1, -0.05) is 0 Å². The summed E-state index contributed by atoms with van der Waals surface area (Å²) < 4.78 is 5.78. The Balaban J connectivity index is 2.20. The molecule has 0 unspecified atom stereocenters. The molecule has 0 saturated carbocycles. The van der Waals surface area contributed by atoms with Gasteiger partial charge in [0.2, 0.25) is 0 Å². The number of nitrogens with zero attached hydrogens (tertiary/aromatic N) is 2. The Morgan fingerprint density at radius 1 is 1.44 bits per heavy atom. The number of nitrogens with one attached hydrogen (secondary N) is 1. The van der Waals surface area contributed by atoms with Gasteiger partial charge in [0.1, 0.15) is 10.4 Å². The molecule has 0 bridgehead atoms. The van der Waals surface area contributed by atoms with Gasteiger partial charge in [0, 0.05) is 19.0 Å². The first-order valence-electron chi connectivity index (χ1n) is 4.95. The lowest BCUT2D eigenvalue weighted by molar-refractivity contribution is 0.210. The summed E-state index contributed by atoms with van der Waals surface area (Å²) in [7, 11) is 1.68. The SMILES string of the molecule is COCCNc1ccc2cc(Br)ncc2n1. The van der Waals surface area contributed by atoms with Crippen molar-refractivity contribution in [3.8, 4) is 0 Å². The minimum atomic E-state index is 0.665. The predicted molar refractivity (Wildman–Crippen MR) is 67.6 cm³/mol. The van der Waals surface area contributed by atoms with Crippen LogP contribution in [0.5, 0.6) is 0 Å². The largest absolute Gasteiger partial charge is 0.383 e. The van der Waals surface area contributed by atoms with E-state index >= 15 is 0 Å². The third-order valence-electron chi connectivity index (χ3n) is 2.15. The van der Waals surface area contributed by atoms with Crippen LogP contribution < -0.4 is 5.32 Å². The van der Waals surface area contributed by atoms with Crippen molar-refractivity contribution in [2.75, 3.05) is 25.6 Å². The molecule has 0 fully saturated rings. The average Bonchev–Trinajstić information content (AvgIpc) is 2.29. The van der Waals surface area contributed by atoms with E-state index in [4.69, 9.17) is 4.74 Å². The van der Waals surface area contributed by atoms with Crippen LogP contribution in [-0.2, 0) is 4.74 Å². The van der Waals surface area contributed by atoms with Gasteiger partial charge in [0.05, 0.1) is 18.3 Å². The summed E-state index contributed by atoms with van der Waals surface area (Å²) in [6.07, 6.45) is 1.75. The smallest absolute Gasteiger partial charge is 0.126 e. The number of fused-ring (bicyclic) bond motifs is 1. The van der Waals surface area contributed by atoms with Gasteiger partial charge in [-0.25, -0.2) is 9.97 Å². The van der Waals surface area contributed by atoms with Crippen LogP contribution in [-0.4, -0.2) is 30.2 Å². The zero-order valence-electron chi connectivity index (χ0n) is 8.90. The number of rotatable bonds is 4. The van der Waals surface area contributed by atoms with E-state index in [9.17, 15) is 0 Å². The van der Waals surface area contributed by atoms with E-state index in [1.54, 1.807) is 13.3 Å². The first-order chi connectivity index (χ1) is 7.79. The molecule has 0 aliphatic carbocycles. The second kappa shape index (κ2) is 5.23. The van der Waals surface area contributed by atoms with Crippen LogP contribution in [0, 0.1) is 0 Å². The second-order valence-electron chi connectivity index (χ2n) is 3.32. The van der Waals surface area contributed by atoms with Gasteiger partial charge in [-0.15, -0.1) is 0 Å². The standard InChI is InChI=1S/C11H12BrN3O/c1-16-5-4-13-11-3-2-8-6-10(12)14-7-9(8)15-11/h2-3,6-7H,4-5H2,1H3,(H,13,15). The lowest BCUT2D eigenvalue weighted by atomic mass is 10.2. The van der Waals surface area contributed by atoms with Gasteiger partial charge in [0.25, 0.3) is 0 Å². The highest BCUT2D eigenvalue weighted by molar-refractivity contribution is 9.10. The van der Waals surface area contributed by atoms with Crippen LogP contribution in [0.3, 0.4) is 0 Å². The zero-order chi connectivity index (χ0) is 11.4. The molecule has 1 N–H and O–H groups in total. The molecule has 2 aromatic heterocycles. The molecule has 2 rings (SSSR count). The highest BCUT2D eigenvalue weighted by Gasteiger charge is 1.99. The van der Waals surface area contributed by atoms with Crippen LogP contribution in [0.4, 0.5) is 5.82 Å². The van der Waals surface area contributed by atoms with Crippen molar-refractivity contribution in [1.82, 2.24) is 9.97 Å². The Hall–Kier alpha value is -1.20. The van der Waals surface area contributed by atoms with Crippen molar-refractivity contribution in [2.45, 2.75) is 0 Å². The van der Waals surface area contributed by atoms with Crippen molar-refractivity contribution in [2.24, 2.45) is 0 Å². The van der Waals surface area contributed by atoms with Crippen molar-refractivity contribution in [3.05, 3.63) is 29.0 Å². The topological polar surface area (TPSA) is 47.0 Å². The number of hydrogen-bond acceptors (Lipinski definition) is 4. The van der Waals surface area contributed by atoms with Crippen molar-refractivity contribution >= 4 is 32.7 Å². The van der Waals surface area contributed by atoms with E-state index in [-0.39, 0.29) is 0 Å². The van der Waals surface area contributed by atoms with Crippen LogP contribution in [0.2, 0.25) is 0 Å². The summed E-state index contributed by atoms with van der Waals surface area (Å²) in [6.45, 7) is 1.41. The molecule has 0 atom stereocenters. The molecule has 0 aromatic carbocycles. The fourth-order valence-electron chi connectivity index (χ4n) is 1.38. The first-order valence-corrected chi connectivity index (χ1v) is 5.74. The first kappa shape index (κ1) is 11.3. The van der Waals surface area contributed by atoms with E-state index in [0.717, 1.165) is 27.9 Å². The quantitative estimate of drug-likeness (QED) is 0.691. The molecule has 16 heavy (non-hydrogen) atoms. The van der Waals surface area contributed by atoms with Crippen molar-refractivity contribution < 1.29 is 4.74 Å². The van der Waals surface area contributed by atoms with E-state index in [1.807, 2.05) is 18.2 Å². The molecule has 84 valence electrons. The van der Waals surface area contributed by atoms with Crippen LogP contribution >= 0.6 is 15.9 Å². The predicted octanol–water partition coefficient (Wildman–Crippen LogP) is 2.45. The third-order valence-corrected chi connectivity index (χ3v) is 2.59. The maximum atomic E-state index is 4.96. The molecule has 0 aliphatic rings. The Morgan fingerprint density at radius 3 is 3.12 bits per heavy atom. The minimum absolute atomic E-state index is 0.665. The molecule has 2 aromatic rings. The lowest BCUT2D eigenvalue weighted by Crippen LogP contribution is -2.08. The monoisotopic (exact) mass is 281 g/mol. The van der Waals surface area contributed by atoms with Crippen molar-refractivity contribution in [3.63, 3.8) is 0 Å². The fraction of sp³-hybridized carbons (Fsp3) is 0.273. The van der Waals surface area contributed by atoms with Gasteiger partial charge in [-0.3, -0.25) is 0 Å². The molecule has 0 aliphatic heterocycles. The van der Waals surface area contributed by atoms with Crippen LogP contribution in [0.15, 0.2) is 29.0 Å². The van der Waals surface area contributed by atoms with Gasteiger partial charge in [0.15, 0.2) is 0 Å². The summed E-state index contributed by atoms with van der Waals surface area (Å²) in [6, 6.07) is 5.91. The van der Waals surface area contributed by atoms with E-state index in [0.29, 0.717) is 6.61 Å². The number of pyridine rings is 2. The van der Waals surface area contributed by atoms with Crippen LogP contribution in [0.1, 0.15) is 0 Å². The summed E-state index contributed by atoms with van der Waals surface area (Å²) >= 11 is 3.33. The number of aromatic nitrogens is 2. The van der Waals surface area contributed by atoms with Gasteiger partial charge in [-0.2, -0.15) is 0 Å². The highest BCUT2D eigenvalue weighted by Crippen LogP contribution is 2.17. The van der Waals surface area contributed by atoms with E-state index < -0.39 is 0 Å². The molecular formula is C11H12BrN3O. The lowest BCUT2D eigenvalue weighted by Gasteiger charge is -2.05. The molecule has 5 heteroatoms. The average molecular weight is 282 g/mol. The van der Waals surface area contributed by atoms with Gasteiger partial charge in [-0.05, 0) is 34.1 Å². The maximum Gasteiger partial charge on any atom is 0.126 e. The van der Waals surface area contributed by atoms with Gasteiger partial charge >= 0.3 is 0 Å². The molecule has 0 spiro atoms. The van der Waals surface area contributed by atoms with E-state index in [1.165, 1.54) is 0 Å². The molecule has 4 nitrogen and oxygen atoms in total. The third kappa shape index (κ3) is 2.68. The zero-order valence-corrected chi connectivity index (χ0v) is 10.5. The molecule has 2 heterocycles. The minimum Gasteiger partial charge on any atom is -0.383 e. The second-order valence-corrected chi connectivity index (χ2v) is 4.13. The van der Waals surface area contributed by atoms with Crippen molar-refractivity contribution in [1.29, 1.82) is 0 Å². The number of methoxy groups -OCH3 is 1. The summed E-state index contributed by atoms with van der Waals surface area (Å²) in [5.41, 5.74) is 0.880. The summed E-state index contributed by atoms with van der Waals surface area (Å²) in [4.78, 5) is 8.58. The number of anilines is 1. The summed E-state index contributed by atoms with van der Waals surface area (Å²) in [5, 5.41) is 4.25. The maximum absolute atomic E-state index is 4.96. The molecule has 0 amide bonds. The number of ether oxygens (including phenoxy) is 1. The molecular weight excluding hydrogens is 270 g/mol. The van der Waals surface area contributed by atoms with Gasteiger partial charge < -0.3 is 10.1 Å². The number of hydrogen-bond donors (Lipinski definition) is 1. The normalized spacial score (nSPS) is 10.6. The Kier molecular flexibility index (Phi) is 3.69. The number of halogens is 1. The summed E-state index contributed by atoms with van der Waals surface area (Å²) in [5.74, 6) is 0.841. The Bertz CT molecular complexity index is 490. The fourth-order valence-corrected chi connectivity index (χ4v) is 1.73. The highest BCUT2D eigenvalue weighted by atomic mass is 79.9. The Labute approximate surface area is 102 Å². The van der Waals surface area contributed by atoms with Crippen LogP contribution in [0.25, 0.3) is 10.9 Å². The van der Waals surface area contributed by atoms with E-state index in [2.05, 4.69) is 31.2 Å². The Morgan fingerprint density at radius 2 is 2.31 bits per heavy atom. The molecule has 0 radical (unpaired) electrons. The molecule has 0 saturated heterocycles.